The lowest BCUT2D eigenvalue weighted by Gasteiger charge is -2.29. The molecule has 0 fully saturated rings. The van der Waals surface area contributed by atoms with Gasteiger partial charge in [-0.2, -0.15) is 4.39 Å². The van der Waals surface area contributed by atoms with Gasteiger partial charge in [-0.25, -0.2) is 14.0 Å². The van der Waals surface area contributed by atoms with Crippen LogP contribution in [0.15, 0.2) is 53.0 Å². The van der Waals surface area contributed by atoms with Gasteiger partial charge in [0.1, 0.15) is 5.60 Å². The molecule has 168 valence electrons. The molecule has 0 aliphatic rings. The SMILES string of the molecule is C=C(C)C(=O)Oc1ccc2c(oc3c(F)c(C(OC(=O)C(=C)C)C(C)(C)O)ccc32)c1F. The molecule has 0 saturated heterocycles. The molecule has 1 atom stereocenters. The molecule has 6 nitrogen and oxygen atoms in total. The maximum Gasteiger partial charge on any atom is 0.338 e. The van der Waals surface area contributed by atoms with Crippen molar-refractivity contribution in [1.29, 1.82) is 0 Å². The Balaban J connectivity index is 2.16. The lowest BCUT2D eigenvalue weighted by molar-refractivity contribution is -0.158. The largest absolute Gasteiger partial charge is 0.451 e. The number of esters is 2. The first-order chi connectivity index (χ1) is 14.8. The summed E-state index contributed by atoms with van der Waals surface area (Å²) in [7, 11) is 0. The van der Waals surface area contributed by atoms with E-state index in [0.29, 0.717) is 0 Å². The highest BCUT2D eigenvalue weighted by Crippen LogP contribution is 2.40. The molecule has 1 unspecified atom stereocenters. The fourth-order valence-corrected chi connectivity index (χ4v) is 3.10. The predicted molar refractivity (Wildman–Crippen MR) is 114 cm³/mol. The second-order valence-corrected chi connectivity index (χ2v) is 8.09. The van der Waals surface area contributed by atoms with Crippen LogP contribution in [0, 0.1) is 11.6 Å². The van der Waals surface area contributed by atoms with Crippen LogP contribution >= 0.6 is 0 Å². The van der Waals surface area contributed by atoms with E-state index in [0.717, 1.165) is 0 Å². The minimum Gasteiger partial charge on any atom is -0.451 e. The van der Waals surface area contributed by atoms with E-state index < -0.39 is 41.0 Å². The van der Waals surface area contributed by atoms with Crippen LogP contribution in [0.5, 0.6) is 5.75 Å². The van der Waals surface area contributed by atoms with Gasteiger partial charge in [0.05, 0.1) is 0 Å². The number of benzene rings is 2. The first-order valence-corrected chi connectivity index (χ1v) is 9.62. The molecule has 8 heteroatoms. The van der Waals surface area contributed by atoms with Crippen molar-refractivity contribution in [1.82, 2.24) is 0 Å². The molecule has 0 spiro atoms. The van der Waals surface area contributed by atoms with Gasteiger partial charge in [-0.3, -0.25) is 0 Å². The molecule has 1 heterocycles. The molecule has 3 aromatic rings. The molecular weight excluding hydrogens is 422 g/mol. The van der Waals surface area contributed by atoms with Crippen molar-refractivity contribution in [2.45, 2.75) is 39.4 Å². The number of carbonyl (C=O) groups excluding carboxylic acids is 2. The van der Waals surface area contributed by atoms with Gasteiger partial charge in [-0.15, -0.1) is 0 Å². The second-order valence-electron chi connectivity index (χ2n) is 8.09. The molecule has 0 bridgehead atoms. The number of aliphatic hydroxyl groups is 1. The van der Waals surface area contributed by atoms with Crippen molar-refractivity contribution in [3.63, 3.8) is 0 Å². The molecule has 1 aromatic heterocycles. The highest BCUT2D eigenvalue weighted by atomic mass is 19.1. The highest BCUT2D eigenvalue weighted by Gasteiger charge is 2.35. The maximum atomic E-state index is 15.4. The number of hydrogen-bond donors (Lipinski definition) is 1. The summed E-state index contributed by atoms with van der Waals surface area (Å²) in [4.78, 5) is 23.8. The molecule has 0 amide bonds. The van der Waals surface area contributed by atoms with E-state index in [2.05, 4.69) is 13.2 Å². The predicted octanol–water partition coefficient (Wildman–Crippen LogP) is 5.28. The summed E-state index contributed by atoms with van der Waals surface area (Å²) in [5.41, 5.74) is -2.29. The van der Waals surface area contributed by atoms with Crippen LogP contribution < -0.4 is 4.74 Å². The molecule has 1 N–H and O–H groups in total. The molecule has 0 aliphatic heterocycles. The van der Waals surface area contributed by atoms with Gasteiger partial charge >= 0.3 is 11.9 Å². The van der Waals surface area contributed by atoms with E-state index in [1.807, 2.05) is 0 Å². The normalized spacial score (nSPS) is 12.6. The third-order valence-corrected chi connectivity index (χ3v) is 4.73. The minimum atomic E-state index is -1.65. The van der Waals surface area contributed by atoms with Crippen LogP contribution in [0.1, 0.15) is 39.4 Å². The van der Waals surface area contributed by atoms with Crippen molar-refractivity contribution in [2.75, 3.05) is 0 Å². The Bertz CT molecular complexity index is 1280. The van der Waals surface area contributed by atoms with Crippen LogP contribution in [0.4, 0.5) is 8.78 Å². The number of fused-ring (bicyclic) bond motifs is 3. The number of furan rings is 1. The summed E-state index contributed by atoms with van der Waals surface area (Å²) < 4.78 is 46.0. The van der Waals surface area contributed by atoms with Crippen molar-refractivity contribution >= 4 is 33.9 Å². The zero-order chi connectivity index (χ0) is 24.0. The maximum absolute atomic E-state index is 15.4. The topological polar surface area (TPSA) is 86.0 Å². The molecule has 0 saturated carbocycles. The Hall–Kier alpha value is -3.52. The molecule has 3 rings (SSSR count). The Morgan fingerprint density at radius 1 is 0.969 bits per heavy atom. The second kappa shape index (κ2) is 8.20. The summed E-state index contributed by atoms with van der Waals surface area (Å²) in [6.45, 7) is 12.5. The molecule has 0 radical (unpaired) electrons. The van der Waals surface area contributed by atoms with Crippen molar-refractivity contribution in [3.05, 3.63) is 65.8 Å². The lowest BCUT2D eigenvalue weighted by Crippen LogP contribution is -2.33. The van der Waals surface area contributed by atoms with Crippen LogP contribution in [0.2, 0.25) is 0 Å². The minimum absolute atomic E-state index is 0.0726. The van der Waals surface area contributed by atoms with Crippen molar-refractivity contribution in [2.24, 2.45) is 0 Å². The quantitative estimate of drug-likeness (QED) is 0.316. The average Bonchev–Trinajstić information content (AvgIpc) is 3.08. The summed E-state index contributed by atoms with van der Waals surface area (Å²) in [5, 5.41) is 11.0. The van der Waals surface area contributed by atoms with Gasteiger partial charge in [-0.05, 0) is 45.9 Å². The fraction of sp³-hybridized carbons (Fsp3) is 0.250. The van der Waals surface area contributed by atoms with E-state index in [1.165, 1.54) is 52.0 Å². The molecule has 0 aliphatic carbocycles. The lowest BCUT2D eigenvalue weighted by atomic mass is 9.93. The van der Waals surface area contributed by atoms with E-state index in [-0.39, 0.29) is 38.6 Å². The van der Waals surface area contributed by atoms with Gasteiger partial charge in [0.25, 0.3) is 0 Å². The molecule has 32 heavy (non-hydrogen) atoms. The van der Waals surface area contributed by atoms with E-state index in [1.54, 1.807) is 0 Å². The number of carbonyl (C=O) groups is 2. The van der Waals surface area contributed by atoms with Crippen molar-refractivity contribution in [3.8, 4) is 5.75 Å². The summed E-state index contributed by atoms with van der Waals surface area (Å²) in [6, 6.07) is 5.45. The van der Waals surface area contributed by atoms with Gasteiger partial charge in [0, 0.05) is 27.5 Å². The zero-order valence-corrected chi connectivity index (χ0v) is 18.0. The molecular formula is C24H22F2O6. The van der Waals surface area contributed by atoms with Gasteiger partial charge in [-0.1, -0.05) is 19.2 Å². The van der Waals surface area contributed by atoms with Crippen LogP contribution in [-0.4, -0.2) is 22.6 Å². The monoisotopic (exact) mass is 444 g/mol. The third-order valence-electron chi connectivity index (χ3n) is 4.73. The Labute approximate surface area is 182 Å². The number of rotatable bonds is 6. The van der Waals surface area contributed by atoms with Crippen molar-refractivity contribution < 1.29 is 37.4 Å². The summed E-state index contributed by atoms with van der Waals surface area (Å²) in [6.07, 6.45) is -1.39. The Kier molecular flexibility index (Phi) is 5.93. The first-order valence-electron chi connectivity index (χ1n) is 9.62. The summed E-state index contributed by atoms with van der Waals surface area (Å²) in [5.74, 6) is -3.94. The standard InChI is InChI=1S/C24H22F2O6/c1-11(2)22(27)30-16-10-9-14-13-7-8-15(17(25)19(13)31-20(14)18(16)26)21(24(5,6)29)32-23(28)12(3)4/h7-10,21,29H,1,3H2,2,4-6H3. The number of ether oxygens (including phenoxy) is 2. The van der Waals surface area contributed by atoms with E-state index in [9.17, 15) is 19.1 Å². The molecule has 2 aromatic carbocycles. The fourth-order valence-electron chi connectivity index (χ4n) is 3.10. The Morgan fingerprint density at radius 3 is 2.03 bits per heavy atom. The number of halogens is 2. The first kappa shape index (κ1) is 23.1. The van der Waals surface area contributed by atoms with E-state index >= 15 is 4.39 Å². The van der Waals surface area contributed by atoms with Crippen LogP contribution in [0.3, 0.4) is 0 Å². The third kappa shape index (κ3) is 4.13. The van der Waals surface area contributed by atoms with Gasteiger partial charge in [0.2, 0.25) is 5.82 Å². The van der Waals surface area contributed by atoms with E-state index in [4.69, 9.17) is 13.9 Å². The van der Waals surface area contributed by atoms with Gasteiger partial charge < -0.3 is 19.0 Å². The summed E-state index contributed by atoms with van der Waals surface area (Å²) >= 11 is 0. The Morgan fingerprint density at radius 2 is 1.50 bits per heavy atom. The zero-order valence-electron chi connectivity index (χ0n) is 18.0. The van der Waals surface area contributed by atoms with Crippen LogP contribution in [-0.2, 0) is 14.3 Å². The number of hydrogen-bond acceptors (Lipinski definition) is 6. The highest BCUT2D eigenvalue weighted by molar-refractivity contribution is 6.06. The smallest absolute Gasteiger partial charge is 0.338 e. The van der Waals surface area contributed by atoms with Gasteiger partial charge in [0.15, 0.2) is 28.8 Å². The average molecular weight is 444 g/mol. The van der Waals surface area contributed by atoms with Crippen LogP contribution in [0.25, 0.3) is 21.9 Å².